The minimum atomic E-state index is -1.38. The molecule has 1 aromatic rings. The molecule has 0 aliphatic rings. The van der Waals surface area contributed by atoms with Crippen molar-refractivity contribution >= 4 is 11.9 Å². The molecule has 0 aliphatic heterocycles. The topological polar surface area (TPSA) is 107 Å². The van der Waals surface area contributed by atoms with Gasteiger partial charge in [-0.15, -0.1) is 0 Å². The number of benzene rings is 1. The van der Waals surface area contributed by atoms with Gasteiger partial charge in [0.05, 0.1) is 12.2 Å². The third-order valence-electron chi connectivity index (χ3n) is 1.93. The van der Waals surface area contributed by atoms with Crippen molar-refractivity contribution in [3.8, 4) is 5.75 Å². The van der Waals surface area contributed by atoms with Crippen LogP contribution in [-0.4, -0.2) is 39.8 Å². The molecule has 1 atom stereocenters. The molecule has 6 heteroatoms. The molecule has 0 heterocycles. The number of rotatable bonds is 4. The highest BCUT2D eigenvalue weighted by atomic mass is 16.4. The first-order valence-electron chi connectivity index (χ1n) is 4.48. The summed E-state index contributed by atoms with van der Waals surface area (Å²) in [5.74, 6) is -2.34. The Morgan fingerprint density at radius 1 is 1.31 bits per heavy atom. The minimum Gasteiger partial charge on any atom is -0.507 e. The molecule has 16 heavy (non-hydrogen) atoms. The Balaban J connectivity index is 2.80. The van der Waals surface area contributed by atoms with E-state index < -0.39 is 24.5 Å². The number of aromatic hydroxyl groups is 1. The van der Waals surface area contributed by atoms with E-state index >= 15 is 0 Å². The lowest BCUT2D eigenvalue weighted by atomic mass is 10.1. The number of carbonyl (C=O) groups excluding carboxylic acids is 1. The van der Waals surface area contributed by atoms with Crippen molar-refractivity contribution < 1.29 is 24.9 Å². The van der Waals surface area contributed by atoms with Crippen LogP contribution < -0.4 is 5.32 Å². The van der Waals surface area contributed by atoms with Gasteiger partial charge in [-0.05, 0) is 12.1 Å². The number of nitrogens with one attached hydrogen (secondary N) is 1. The molecule has 6 nitrogen and oxygen atoms in total. The zero-order chi connectivity index (χ0) is 12.1. The van der Waals surface area contributed by atoms with E-state index in [4.69, 9.17) is 10.2 Å². The van der Waals surface area contributed by atoms with Gasteiger partial charge in [-0.2, -0.15) is 0 Å². The van der Waals surface area contributed by atoms with Crippen LogP contribution in [0.1, 0.15) is 10.4 Å². The largest absolute Gasteiger partial charge is 0.507 e. The molecule has 1 rings (SSSR count). The van der Waals surface area contributed by atoms with Crippen molar-refractivity contribution in [2.45, 2.75) is 6.04 Å². The number of carbonyl (C=O) groups is 2. The molecule has 4 N–H and O–H groups in total. The number of para-hydroxylation sites is 1. The Morgan fingerprint density at radius 3 is 2.44 bits per heavy atom. The number of phenols is 1. The second-order valence-corrected chi connectivity index (χ2v) is 3.06. The van der Waals surface area contributed by atoms with Crippen molar-refractivity contribution in [3.63, 3.8) is 0 Å². The lowest BCUT2D eigenvalue weighted by molar-refractivity contribution is -0.140. The highest BCUT2D eigenvalue weighted by Gasteiger charge is 2.20. The van der Waals surface area contributed by atoms with Crippen LogP contribution in [0.25, 0.3) is 0 Å². The maximum atomic E-state index is 11.5. The van der Waals surface area contributed by atoms with Crippen molar-refractivity contribution in [3.05, 3.63) is 29.8 Å². The van der Waals surface area contributed by atoms with Crippen molar-refractivity contribution in [1.82, 2.24) is 5.32 Å². The van der Waals surface area contributed by atoms with E-state index in [-0.39, 0.29) is 11.3 Å². The van der Waals surface area contributed by atoms with Gasteiger partial charge in [-0.3, -0.25) is 4.79 Å². The lowest BCUT2D eigenvalue weighted by Gasteiger charge is -2.11. The molecule has 0 saturated carbocycles. The summed E-state index contributed by atoms with van der Waals surface area (Å²) in [6.07, 6.45) is 0. The zero-order valence-electron chi connectivity index (χ0n) is 8.25. The number of hydrogen-bond donors (Lipinski definition) is 4. The molecule has 0 bridgehead atoms. The van der Waals surface area contributed by atoms with E-state index in [2.05, 4.69) is 5.32 Å². The maximum Gasteiger partial charge on any atom is 0.328 e. The van der Waals surface area contributed by atoms with Gasteiger partial charge in [0, 0.05) is 0 Å². The fraction of sp³-hybridized carbons (Fsp3) is 0.200. The second-order valence-electron chi connectivity index (χ2n) is 3.06. The van der Waals surface area contributed by atoms with Crippen LogP contribution in [0.4, 0.5) is 0 Å². The van der Waals surface area contributed by atoms with E-state index in [1.807, 2.05) is 0 Å². The lowest BCUT2D eigenvalue weighted by Crippen LogP contribution is -2.43. The predicted molar refractivity (Wildman–Crippen MR) is 54.1 cm³/mol. The Labute approximate surface area is 91.1 Å². The molecule has 0 radical (unpaired) electrons. The molecule has 0 aromatic heterocycles. The Kier molecular flexibility index (Phi) is 3.84. The highest BCUT2D eigenvalue weighted by molar-refractivity contribution is 5.98. The SMILES string of the molecule is O=C(N[C@@H](CO)C(=O)O)c1ccccc1O. The maximum absolute atomic E-state index is 11.5. The van der Waals surface area contributed by atoms with Crippen LogP contribution in [0, 0.1) is 0 Å². The van der Waals surface area contributed by atoms with Crippen LogP contribution in [0.2, 0.25) is 0 Å². The van der Waals surface area contributed by atoms with Crippen LogP contribution in [-0.2, 0) is 4.79 Å². The van der Waals surface area contributed by atoms with E-state index in [0.29, 0.717) is 0 Å². The summed E-state index contributed by atoms with van der Waals surface area (Å²) in [4.78, 5) is 22.0. The van der Waals surface area contributed by atoms with Crippen LogP contribution >= 0.6 is 0 Å². The van der Waals surface area contributed by atoms with E-state index in [1.54, 1.807) is 0 Å². The molecular formula is C10H11NO5. The van der Waals surface area contributed by atoms with E-state index in [1.165, 1.54) is 24.3 Å². The molecule has 1 amide bonds. The second kappa shape index (κ2) is 5.13. The Hall–Kier alpha value is -2.08. The average Bonchev–Trinajstić information content (AvgIpc) is 2.25. The van der Waals surface area contributed by atoms with E-state index in [0.717, 1.165) is 0 Å². The van der Waals surface area contributed by atoms with Crippen LogP contribution in [0.5, 0.6) is 5.75 Å². The number of carboxylic acid groups (broad SMARTS) is 1. The van der Waals surface area contributed by atoms with Crippen molar-refractivity contribution in [2.75, 3.05) is 6.61 Å². The van der Waals surface area contributed by atoms with Crippen molar-refractivity contribution in [1.29, 1.82) is 0 Å². The summed E-state index contributed by atoms with van der Waals surface area (Å²) in [7, 11) is 0. The first-order valence-corrected chi connectivity index (χ1v) is 4.48. The summed E-state index contributed by atoms with van der Waals surface area (Å²) < 4.78 is 0. The Bertz CT molecular complexity index is 404. The molecule has 0 saturated heterocycles. The summed E-state index contributed by atoms with van der Waals surface area (Å²) in [5, 5.41) is 28.7. The Morgan fingerprint density at radius 2 is 1.94 bits per heavy atom. The molecule has 1 aromatic carbocycles. The number of aliphatic hydroxyl groups is 1. The van der Waals surface area contributed by atoms with Gasteiger partial charge in [0.2, 0.25) is 0 Å². The standard InChI is InChI=1S/C10H11NO5/c12-5-7(10(15)16)11-9(14)6-3-1-2-4-8(6)13/h1-4,7,12-13H,5H2,(H,11,14)(H,15,16)/t7-/m0/s1. The number of phenolic OH excluding ortho intramolecular Hbond substituents is 1. The molecule has 86 valence electrons. The number of amides is 1. The summed E-state index contributed by atoms with van der Waals surface area (Å²) >= 11 is 0. The average molecular weight is 225 g/mol. The van der Waals surface area contributed by atoms with Gasteiger partial charge in [-0.1, -0.05) is 12.1 Å². The number of aliphatic carboxylic acids is 1. The van der Waals surface area contributed by atoms with Gasteiger partial charge in [0.15, 0.2) is 6.04 Å². The fourth-order valence-electron chi connectivity index (χ4n) is 1.09. The normalized spacial score (nSPS) is 11.8. The van der Waals surface area contributed by atoms with Crippen molar-refractivity contribution in [2.24, 2.45) is 0 Å². The number of hydrogen-bond acceptors (Lipinski definition) is 4. The number of carboxylic acids is 1. The van der Waals surface area contributed by atoms with Gasteiger partial charge in [-0.25, -0.2) is 4.79 Å². The zero-order valence-corrected chi connectivity index (χ0v) is 8.25. The fourth-order valence-corrected chi connectivity index (χ4v) is 1.09. The third-order valence-corrected chi connectivity index (χ3v) is 1.93. The third kappa shape index (κ3) is 2.71. The van der Waals surface area contributed by atoms with Gasteiger partial charge < -0.3 is 20.6 Å². The first-order chi connectivity index (χ1) is 7.56. The molecular weight excluding hydrogens is 214 g/mol. The quantitative estimate of drug-likeness (QED) is 0.556. The van der Waals surface area contributed by atoms with E-state index in [9.17, 15) is 14.7 Å². The molecule has 0 spiro atoms. The minimum absolute atomic E-state index is 0.0396. The summed E-state index contributed by atoms with van der Waals surface area (Å²) in [6, 6.07) is 4.34. The summed E-state index contributed by atoms with van der Waals surface area (Å²) in [5.41, 5.74) is -0.0396. The van der Waals surface area contributed by atoms with Gasteiger partial charge in [0.25, 0.3) is 5.91 Å². The highest BCUT2D eigenvalue weighted by Crippen LogP contribution is 2.15. The van der Waals surface area contributed by atoms with Gasteiger partial charge in [0.1, 0.15) is 5.75 Å². The van der Waals surface area contributed by atoms with Crippen LogP contribution in [0.3, 0.4) is 0 Å². The first kappa shape index (κ1) is 12.0. The molecule has 0 fully saturated rings. The smallest absolute Gasteiger partial charge is 0.328 e. The predicted octanol–water partition coefficient (Wildman–Crippen LogP) is -0.433. The summed E-state index contributed by atoms with van der Waals surface area (Å²) in [6.45, 7) is -0.714. The van der Waals surface area contributed by atoms with Gasteiger partial charge >= 0.3 is 5.97 Å². The molecule has 0 unspecified atom stereocenters. The number of aliphatic hydroxyl groups excluding tert-OH is 1. The monoisotopic (exact) mass is 225 g/mol. The van der Waals surface area contributed by atoms with Crippen LogP contribution in [0.15, 0.2) is 24.3 Å². The molecule has 0 aliphatic carbocycles.